The summed E-state index contributed by atoms with van der Waals surface area (Å²) in [6, 6.07) is 1.14. The van der Waals surface area contributed by atoms with Gasteiger partial charge in [-0.05, 0) is 28.8 Å². The van der Waals surface area contributed by atoms with Crippen LogP contribution in [0.3, 0.4) is 0 Å². The van der Waals surface area contributed by atoms with Crippen molar-refractivity contribution in [1.82, 2.24) is 4.57 Å². The Hall–Kier alpha value is -1.50. The van der Waals surface area contributed by atoms with E-state index in [1.807, 2.05) is 0 Å². The number of carbonyl (C=O) groups is 1. The molecular formula is C10H9BrN2O4. The lowest BCUT2D eigenvalue weighted by Gasteiger charge is -2.04. The van der Waals surface area contributed by atoms with Gasteiger partial charge in [-0.25, -0.2) is 0 Å². The maximum atomic E-state index is 11.7. The van der Waals surface area contributed by atoms with Crippen LogP contribution in [-0.2, 0) is 11.3 Å². The lowest BCUT2D eigenvalue weighted by molar-refractivity contribution is -0.385. The summed E-state index contributed by atoms with van der Waals surface area (Å²) in [6.07, 6.45) is 2.81. The van der Waals surface area contributed by atoms with Gasteiger partial charge in [0.2, 0.25) is 0 Å². The molecule has 6 nitrogen and oxygen atoms in total. The van der Waals surface area contributed by atoms with Gasteiger partial charge in [-0.2, -0.15) is 0 Å². The first-order chi connectivity index (χ1) is 7.99. The van der Waals surface area contributed by atoms with Crippen molar-refractivity contribution in [3.63, 3.8) is 0 Å². The first kappa shape index (κ1) is 12.0. The minimum absolute atomic E-state index is 0.0277. The zero-order valence-corrected chi connectivity index (χ0v) is 10.3. The molecule has 7 heteroatoms. The second-order valence-corrected chi connectivity index (χ2v) is 4.83. The minimum atomic E-state index is -0.595. The largest absolute Gasteiger partial charge is 0.300 e. The number of nitro groups is 1. The highest BCUT2D eigenvalue weighted by Gasteiger charge is 2.29. The zero-order valence-electron chi connectivity index (χ0n) is 8.76. The fraction of sp³-hybridized carbons (Fsp3) is 0.400. The lowest BCUT2D eigenvalue weighted by Crippen LogP contribution is -2.25. The van der Waals surface area contributed by atoms with E-state index in [4.69, 9.17) is 0 Å². The Balaban J connectivity index is 2.34. The molecule has 1 aromatic rings. The molecule has 1 heterocycles. The van der Waals surface area contributed by atoms with E-state index in [0.29, 0.717) is 0 Å². The summed E-state index contributed by atoms with van der Waals surface area (Å²) in [5.74, 6) is -0.0144. The Morgan fingerprint density at radius 2 is 2.24 bits per heavy atom. The number of ketones is 1. The van der Waals surface area contributed by atoms with E-state index in [1.165, 1.54) is 0 Å². The highest BCUT2D eigenvalue weighted by molar-refractivity contribution is 9.10. The summed E-state index contributed by atoms with van der Waals surface area (Å²) < 4.78 is 1.18. The predicted molar refractivity (Wildman–Crippen MR) is 62.8 cm³/mol. The fourth-order valence-corrected chi connectivity index (χ4v) is 1.97. The first-order valence-electron chi connectivity index (χ1n) is 5.06. The highest BCUT2D eigenvalue weighted by Crippen LogP contribution is 2.30. The third-order valence-electron chi connectivity index (χ3n) is 2.60. The quantitative estimate of drug-likeness (QED) is 0.623. The van der Waals surface area contributed by atoms with Crippen molar-refractivity contribution in [2.75, 3.05) is 0 Å². The van der Waals surface area contributed by atoms with Gasteiger partial charge < -0.3 is 4.57 Å². The van der Waals surface area contributed by atoms with Crippen LogP contribution < -0.4 is 5.56 Å². The van der Waals surface area contributed by atoms with Crippen LogP contribution >= 0.6 is 15.9 Å². The first-order valence-corrected chi connectivity index (χ1v) is 5.85. The third kappa shape index (κ3) is 2.60. The SMILES string of the molecule is O=C(Cn1cc([N+](=O)[O-])cc(Br)c1=O)C1CC1. The van der Waals surface area contributed by atoms with Crippen molar-refractivity contribution in [2.45, 2.75) is 19.4 Å². The van der Waals surface area contributed by atoms with E-state index in [2.05, 4.69) is 15.9 Å². The minimum Gasteiger partial charge on any atom is -0.300 e. The predicted octanol–water partition coefficient (Wildman–Crippen LogP) is 1.50. The van der Waals surface area contributed by atoms with Crippen molar-refractivity contribution in [3.05, 3.63) is 37.2 Å². The number of aromatic nitrogens is 1. The summed E-state index contributed by atoms with van der Waals surface area (Å²) in [7, 11) is 0. The van der Waals surface area contributed by atoms with Crippen LogP contribution in [0.5, 0.6) is 0 Å². The smallest absolute Gasteiger partial charge is 0.286 e. The number of pyridine rings is 1. The molecule has 17 heavy (non-hydrogen) atoms. The summed E-state index contributed by atoms with van der Waals surface area (Å²) in [4.78, 5) is 33.3. The van der Waals surface area contributed by atoms with E-state index in [9.17, 15) is 19.7 Å². The van der Waals surface area contributed by atoms with Crippen molar-refractivity contribution >= 4 is 27.4 Å². The summed E-state index contributed by atoms with van der Waals surface area (Å²) in [5.41, 5.74) is -0.635. The van der Waals surface area contributed by atoms with Gasteiger partial charge in [0.05, 0.1) is 22.1 Å². The molecule has 0 amide bonds. The average molecular weight is 301 g/mol. The molecule has 0 N–H and O–H groups in total. The molecule has 1 saturated carbocycles. The van der Waals surface area contributed by atoms with Crippen LogP contribution in [0.25, 0.3) is 0 Å². The zero-order chi connectivity index (χ0) is 12.6. The van der Waals surface area contributed by atoms with Gasteiger partial charge in [0.25, 0.3) is 11.2 Å². The van der Waals surface area contributed by atoms with E-state index >= 15 is 0 Å². The van der Waals surface area contributed by atoms with Crippen molar-refractivity contribution in [2.24, 2.45) is 5.92 Å². The molecule has 0 aliphatic heterocycles. The standard InChI is InChI=1S/C10H9BrN2O4/c11-8-3-7(13(16)17)4-12(10(8)15)5-9(14)6-1-2-6/h3-4,6H,1-2,5H2. The van der Waals surface area contributed by atoms with Crippen molar-refractivity contribution in [3.8, 4) is 0 Å². The van der Waals surface area contributed by atoms with E-state index in [0.717, 1.165) is 29.7 Å². The van der Waals surface area contributed by atoms with Crippen LogP contribution in [0.2, 0.25) is 0 Å². The number of rotatable bonds is 4. The fourth-order valence-electron chi connectivity index (χ4n) is 1.50. The molecule has 1 fully saturated rings. The number of halogens is 1. The molecule has 0 atom stereocenters. The van der Waals surface area contributed by atoms with Gasteiger partial charge in [-0.3, -0.25) is 19.7 Å². The highest BCUT2D eigenvalue weighted by atomic mass is 79.9. The topological polar surface area (TPSA) is 82.2 Å². The maximum absolute atomic E-state index is 11.7. The molecular weight excluding hydrogens is 292 g/mol. The molecule has 90 valence electrons. The van der Waals surface area contributed by atoms with E-state index in [1.54, 1.807) is 0 Å². The molecule has 0 spiro atoms. The Labute approximate surface area is 105 Å². The second-order valence-electron chi connectivity index (χ2n) is 3.98. The van der Waals surface area contributed by atoms with E-state index in [-0.39, 0.29) is 28.4 Å². The molecule has 0 aromatic carbocycles. The van der Waals surface area contributed by atoms with Crippen molar-refractivity contribution < 1.29 is 9.72 Å². The number of nitrogens with zero attached hydrogens (tertiary/aromatic N) is 2. The Morgan fingerprint density at radius 1 is 1.59 bits per heavy atom. The Bertz CT molecular complexity index is 548. The molecule has 0 radical (unpaired) electrons. The van der Waals surface area contributed by atoms with Gasteiger partial charge >= 0.3 is 0 Å². The van der Waals surface area contributed by atoms with Gasteiger partial charge in [-0.15, -0.1) is 0 Å². The average Bonchev–Trinajstić information content (AvgIpc) is 3.07. The Morgan fingerprint density at radius 3 is 2.76 bits per heavy atom. The summed E-state index contributed by atoms with van der Waals surface area (Å²) in [5, 5.41) is 10.6. The van der Waals surface area contributed by atoms with Crippen molar-refractivity contribution in [1.29, 1.82) is 0 Å². The maximum Gasteiger partial charge on any atom is 0.286 e. The van der Waals surface area contributed by atoms with Gasteiger partial charge in [0.1, 0.15) is 0 Å². The summed E-state index contributed by atoms with van der Waals surface area (Å²) in [6.45, 7) is -0.0935. The molecule has 0 unspecified atom stereocenters. The lowest BCUT2D eigenvalue weighted by atomic mass is 10.2. The molecule has 1 aromatic heterocycles. The summed E-state index contributed by atoms with van der Waals surface area (Å²) >= 11 is 2.96. The van der Waals surface area contributed by atoms with Gasteiger partial charge in [0, 0.05) is 12.0 Å². The number of Topliss-reactive ketones (excluding diaryl/α,β-unsaturated/α-hetero) is 1. The Kier molecular flexibility index (Phi) is 3.10. The van der Waals surface area contributed by atoms with E-state index < -0.39 is 10.5 Å². The van der Waals surface area contributed by atoms with Crippen LogP contribution in [0.1, 0.15) is 12.8 Å². The normalized spacial score (nSPS) is 14.6. The monoisotopic (exact) mass is 300 g/mol. The second kappa shape index (κ2) is 4.40. The van der Waals surface area contributed by atoms with Gasteiger partial charge in [-0.1, -0.05) is 0 Å². The molecule has 1 aliphatic carbocycles. The molecule has 1 aliphatic rings. The number of hydrogen-bond donors (Lipinski definition) is 0. The number of carbonyl (C=O) groups excluding carboxylic acids is 1. The third-order valence-corrected chi connectivity index (χ3v) is 3.17. The molecule has 2 rings (SSSR count). The number of hydrogen-bond acceptors (Lipinski definition) is 4. The van der Waals surface area contributed by atoms with Crippen LogP contribution in [-0.4, -0.2) is 15.3 Å². The van der Waals surface area contributed by atoms with Crippen LogP contribution in [0.15, 0.2) is 21.5 Å². The van der Waals surface area contributed by atoms with Gasteiger partial charge in [0.15, 0.2) is 5.78 Å². The molecule has 0 saturated heterocycles. The molecule has 0 bridgehead atoms. The van der Waals surface area contributed by atoms with Crippen LogP contribution in [0, 0.1) is 16.0 Å². The van der Waals surface area contributed by atoms with Crippen LogP contribution in [0.4, 0.5) is 5.69 Å².